The first-order valence-electron chi connectivity index (χ1n) is 5.28. The number of benzene rings is 1. The molecule has 0 radical (unpaired) electrons. The monoisotopic (exact) mass is 337 g/mol. The minimum Gasteiger partial charge on any atom is -0.392 e. The van der Waals surface area contributed by atoms with Crippen LogP contribution in [0.1, 0.15) is 11.4 Å². The Labute approximate surface area is 124 Å². The average Bonchev–Trinajstić information content (AvgIpc) is 2.90. The lowest BCUT2D eigenvalue weighted by Crippen LogP contribution is -2.24. The highest BCUT2D eigenvalue weighted by molar-refractivity contribution is 7.89. The van der Waals surface area contributed by atoms with Crippen molar-refractivity contribution in [3.63, 3.8) is 0 Å². The molecule has 0 aliphatic rings. The topological polar surface area (TPSA) is 105 Å². The molecule has 0 aliphatic carbocycles. The number of rotatable bonds is 5. The van der Waals surface area contributed by atoms with Crippen LogP contribution in [0.5, 0.6) is 0 Å². The Balaban J connectivity index is 2.30. The maximum atomic E-state index is 12.1. The highest BCUT2D eigenvalue weighted by Gasteiger charge is 2.21. The van der Waals surface area contributed by atoms with E-state index in [1.54, 1.807) is 0 Å². The van der Waals surface area contributed by atoms with Crippen molar-refractivity contribution in [2.45, 2.75) is 18.0 Å². The average molecular weight is 338 g/mol. The molecule has 0 fully saturated rings. The second-order valence-electron chi connectivity index (χ2n) is 3.67. The molecule has 7 nitrogen and oxygen atoms in total. The molecule has 108 valence electrons. The SMILES string of the molecule is O=S(=O)(NCc1ncon1)c1ccc(Cl)c(CO)c1Cl. The van der Waals surface area contributed by atoms with Crippen LogP contribution >= 0.6 is 23.2 Å². The Morgan fingerprint density at radius 3 is 2.70 bits per heavy atom. The van der Waals surface area contributed by atoms with Gasteiger partial charge >= 0.3 is 0 Å². The lowest BCUT2D eigenvalue weighted by atomic mass is 10.2. The van der Waals surface area contributed by atoms with Gasteiger partial charge < -0.3 is 9.63 Å². The maximum Gasteiger partial charge on any atom is 0.242 e. The van der Waals surface area contributed by atoms with Crippen molar-refractivity contribution in [2.24, 2.45) is 0 Å². The summed E-state index contributed by atoms with van der Waals surface area (Å²) in [5, 5.41) is 12.7. The molecule has 0 aliphatic heterocycles. The molecule has 20 heavy (non-hydrogen) atoms. The fourth-order valence-corrected chi connectivity index (χ4v) is 3.31. The third-order valence-electron chi connectivity index (χ3n) is 2.43. The van der Waals surface area contributed by atoms with Crippen molar-refractivity contribution >= 4 is 33.2 Å². The summed E-state index contributed by atoms with van der Waals surface area (Å²) in [6.45, 7) is -0.613. The van der Waals surface area contributed by atoms with E-state index in [4.69, 9.17) is 28.3 Å². The van der Waals surface area contributed by atoms with E-state index in [2.05, 4.69) is 19.4 Å². The largest absolute Gasteiger partial charge is 0.392 e. The van der Waals surface area contributed by atoms with E-state index in [1.807, 2.05) is 0 Å². The number of hydrogen-bond donors (Lipinski definition) is 2. The van der Waals surface area contributed by atoms with Crippen molar-refractivity contribution in [3.8, 4) is 0 Å². The molecule has 2 aromatic rings. The first-order chi connectivity index (χ1) is 9.45. The zero-order chi connectivity index (χ0) is 14.8. The van der Waals surface area contributed by atoms with E-state index >= 15 is 0 Å². The van der Waals surface area contributed by atoms with Gasteiger partial charge in [0.25, 0.3) is 0 Å². The van der Waals surface area contributed by atoms with Gasteiger partial charge in [-0.25, -0.2) is 13.1 Å². The van der Waals surface area contributed by atoms with Crippen molar-refractivity contribution in [1.29, 1.82) is 0 Å². The number of aromatic nitrogens is 2. The second-order valence-corrected chi connectivity index (χ2v) is 6.19. The number of hydrogen-bond acceptors (Lipinski definition) is 6. The molecule has 0 spiro atoms. The summed E-state index contributed by atoms with van der Waals surface area (Å²) in [6.07, 6.45) is 1.09. The smallest absolute Gasteiger partial charge is 0.242 e. The quantitative estimate of drug-likeness (QED) is 0.852. The number of nitrogens with one attached hydrogen (secondary N) is 1. The van der Waals surface area contributed by atoms with Gasteiger partial charge in [0.1, 0.15) is 4.90 Å². The lowest BCUT2D eigenvalue weighted by molar-refractivity contribution is 0.281. The molecule has 0 unspecified atom stereocenters. The summed E-state index contributed by atoms with van der Waals surface area (Å²) in [5.41, 5.74) is 0.149. The van der Waals surface area contributed by atoms with Crippen LogP contribution in [0, 0.1) is 0 Å². The molecule has 0 amide bonds. The molecule has 2 N–H and O–H groups in total. The summed E-state index contributed by atoms with van der Waals surface area (Å²) >= 11 is 11.8. The summed E-state index contributed by atoms with van der Waals surface area (Å²) < 4.78 is 31.0. The number of nitrogens with zero attached hydrogens (tertiary/aromatic N) is 2. The Bertz CT molecular complexity index is 704. The van der Waals surface area contributed by atoms with Gasteiger partial charge in [0, 0.05) is 10.6 Å². The number of sulfonamides is 1. The van der Waals surface area contributed by atoms with E-state index < -0.39 is 16.6 Å². The summed E-state index contributed by atoms with van der Waals surface area (Å²) in [4.78, 5) is 3.50. The summed E-state index contributed by atoms with van der Waals surface area (Å²) in [6, 6.07) is 2.60. The zero-order valence-electron chi connectivity index (χ0n) is 9.88. The van der Waals surface area contributed by atoms with E-state index in [0.717, 1.165) is 6.39 Å². The first kappa shape index (κ1) is 15.2. The molecule has 0 bridgehead atoms. The minimum absolute atomic E-state index is 0.124. The van der Waals surface area contributed by atoms with E-state index in [1.165, 1.54) is 12.1 Å². The Hall–Kier alpha value is -1.19. The van der Waals surface area contributed by atoms with Crippen LogP contribution in [0.15, 0.2) is 27.9 Å². The van der Waals surface area contributed by atoms with Gasteiger partial charge in [-0.15, -0.1) is 0 Å². The van der Waals surface area contributed by atoms with E-state index in [-0.39, 0.29) is 32.9 Å². The van der Waals surface area contributed by atoms with Crippen LogP contribution in [0.3, 0.4) is 0 Å². The van der Waals surface area contributed by atoms with Gasteiger partial charge in [-0.05, 0) is 12.1 Å². The summed E-state index contributed by atoms with van der Waals surface area (Å²) in [7, 11) is -3.89. The predicted octanol–water partition coefficient (Wildman–Crippen LogP) is 1.35. The van der Waals surface area contributed by atoms with Crippen LogP contribution in [0.4, 0.5) is 0 Å². The van der Waals surface area contributed by atoms with Crippen LogP contribution in [-0.4, -0.2) is 23.7 Å². The van der Waals surface area contributed by atoms with Gasteiger partial charge in [0.15, 0.2) is 5.82 Å². The maximum absolute atomic E-state index is 12.1. The van der Waals surface area contributed by atoms with Crippen molar-refractivity contribution in [3.05, 3.63) is 40.0 Å². The van der Waals surface area contributed by atoms with Gasteiger partial charge in [-0.2, -0.15) is 4.98 Å². The molecule has 0 atom stereocenters. The lowest BCUT2D eigenvalue weighted by Gasteiger charge is -2.10. The second kappa shape index (κ2) is 6.06. The highest BCUT2D eigenvalue weighted by Crippen LogP contribution is 2.30. The molecule has 1 aromatic carbocycles. The molecule has 0 saturated carbocycles. The molecule has 1 aromatic heterocycles. The third kappa shape index (κ3) is 3.10. The van der Waals surface area contributed by atoms with Crippen molar-refractivity contribution < 1.29 is 18.0 Å². The molecular weight excluding hydrogens is 329 g/mol. The fourth-order valence-electron chi connectivity index (χ4n) is 1.44. The highest BCUT2D eigenvalue weighted by atomic mass is 35.5. The zero-order valence-corrected chi connectivity index (χ0v) is 12.2. The summed E-state index contributed by atoms with van der Waals surface area (Å²) in [5.74, 6) is 0.182. The van der Waals surface area contributed by atoms with Crippen LogP contribution < -0.4 is 4.72 Å². The molecule has 2 rings (SSSR count). The van der Waals surface area contributed by atoms with E-state index in [0.29, 0.717) is 0 Å². The van der Waals surface area contributed by atoms with Gasteiger partial charge in [0.05, 0.1) is 18.2 Å². The number of halogens is 2. The van der Waals surface area contributed by atoms with Crippen LogP contribution in [0.2, 0.25) is 10.0 Å². The van der Waals surface area contributed by atoms with Crippen molar-refractivity contribution in [1.82, 2.24) is 14.9 Å². The number of aliphatic hydroxyl groups is 1. The number of aliphatic hydroxyl groups excluding tert-OH is 1. The van der Waals surface area contributed by atoms with Crippen LogP contribution in [-0.2, 0) is 23.2 Å². The first-order valence-corrected chi connectivity index (χ1v) is 7.52. The normalized spacial score (nSPS) is 11.8. The standard InChI is InChI=1S/C10H9Cl2N3O4S/c11-7-1-2-8(10(12)6(7)4-16)20(17,18)14-3-9-13-5-19-15-9/h1-2,5,14,16H,3-4H2. The Morgan fingerprint density at radius 1 is 1.35 bits per heavy atom. The Morgan fingerprint density at radius 2 is 2.10 bits per heavy atom. The molecular formula is C10H9Cl2N3O4S. The third-order valence-corrected chi connectivity index (χ3v) is 4.77. The molecule has 0 saturated heterocycles. The van der Waals surface area contributed by atoms with Gasteiger partial charge in [-0.3, -0.25) is 0 Å². The molecule has 1 heterocycles. The fraction of sp³-hybridized carbons (Fsp3) is 0.200. The molecule has 10 heteroatoms. The van der Waals surface area contributed by atoms with E-state index in [9.17, 15) is 8.42 Å². The predicted molar refractivity (Wildman–Crippen MR) is 70.7 cm³/mol. The Kier molecular flexibility index (Phi) is 4.61. The minimum atomic E-state index is -3.89. The van der Waals surface area contributed by atoms with Crippen LogP contribution in [0.25, 0.3) is 0 Å². The van der Waals surface area contributed by atoms with Crippen molar-refractivity contribution in [2.75, 3.05) is 0 Å². The van der Waals surface area contributed by atoms with Gasteiger partial charge in [0.2, 0.25) is 16.4 Å². The van der Waals surface area contributed by atoms with Gasteiger partial charge in [-0.1, -0.05) is 28.4 Å².